The van der Waals surface area contributed by atoms with Gasteiger partial charge in [0.15, 0.2) is 0 Å². The number of aromatic nitrogens is 1. The Morgan fingerprint density at radius 3 is 2.75 bits per heavy atom. The lowest BCUT2D eigenvalue weighted by Crippen LogP contribution is -2.14. The van der Waals surface area contributed by atoms with Crippen LogP contribution in [0.1, 0.15) is 32.0 Å². The molecule has 1 aromatic heterocycles. The number of aromatic amines is 1. The highest BCUT2D eigenvalue weighted by molar-refractivity contribution is 7.07. The van der Waals surface area contributed by atoms with E-state index in [-0.39, 0.29) is 10.9 Å². The van der Waals surface area contributed by atoms with Crippen LogP contribution >= 0.6 is 11.3 Å². The lowest BCUT2D eigenvalue weighted by molar-refractivity contribution is 0.503. The summed E-state index contributed by atoms with van der Waals surface area (Å²) in [5.74, 6) is 0.559. The van der Waals surface area contributed by atoms with E-state index >= 15 is 0 Å². The Hall–Kier alpha value is -0.610. The Morgan fingerprint density at radius 2 is 2.33 bits per heavy atom. The molecule has 0 saturated carbocycles. The summed E-state index contributed by atoms with van der Waals surface area (Å²) in [6.07, 6.45) is 0.909. The van der Waals surface area contributed by atoms with Gasteiger partial charge in [-0.25, -0.2) is 0 Å². The lowest BCUT2D eigenvalue weighted by atomic mass is 10.0. The predicted molar refractivity (Wildman–Crippen MR) is 51.3 cm³/mol. The summed E-state index contributed by atoms with van der Waals surface area (Å²) in [5, 5.41) is 1.80. The number of H-pyrrole nitrogens is 1. The van der Waals surface area contributed by atoms with Crippen molar-refractivity contribution in [3.05, 3.63) is 20.7 Å². The number of hydrogen-bond acceptors (Lipinski definition) is 3. The first kappa shape index (κ1) is 9.48. The topological polar surface area (TPSA) is 58.9 Å². The van der Waals surface area contributed by atoms with E-state index in [4.69, 9.17) is 5.73 Å². The monoisotopic (exact) mass is 186 g/mol. The highest BCUT2D eigenvalue weighted by atomic mass is 32.1. The smallest absolute Gasteiger partial charge is 0.304 e. The second-order valence-electron chi connectivity index (χ2n) is 3.34. The van der Waals surface area contributed by atoms with Crippen LogP contribution in [0.4, 0.5) is 0 Å². The van der Waals surface area contributed by atoms with Crippen molar-refractivity contribution < 1.29 is 0 Å². The van der Waals surface area contributed by atoms with Crippen LogP contribution in [0.25, 0.3) is 0 Å². The standard InChI is InChI=1S/C8H14N2OS/c1-5(2)3-6(9)7-4-12-8(11)10-7/h4-6H,3,9H2,1-2H3,(H,10,11). The van der Waals surface area contributed by atoms with Crippen LogP contribution in [-0.2, 0) is 0 Å². The highest BCUT2D eigenvalue weighted by Crippen LogP contribution is 2.16. The van der Waals surface area contributed by atoms with Crippen LogP contribution in [0.15, 0.2) is 10.2 Å². The van der Waals surface area contributed by atoms with Gasteiger partial charge < -0.3 is 10.7 Å². The fourth-order valence-corrected chi connectivity index (χ4v) is 1.75. The van der Waals surface area contributed by atoms with Gasteiger partial charge in [-0.3, -0.25) is 4.79 Å². The van der Waals surface area contributed by atoms with Gasteiger partial charge in [0.25, 0.3) is 0 Å². The fraction of sp³-hybridized carbons (Fsp3) is 0.625. The van der Waals surface area contributed by atoms with Crippen molar-refractivity contribution in [1.82, 2.24) is 4.98 Å². The van der Waals surface area contributed by atoms with Gasteiger partial charge in [-0.1, -0.05) is 25.2 Å². The molecule has 0 amide bonds. The maximum atomic E-state index is 10.8. The zero-order valence-electron chi connectivity index (χ0n) is 7.33. The van der Waals surface area contributed by atoms with E-state index in [9.17, 15) is 4.79 Å². The molecule has 0 saturated heterocycles. The number of nitrogens with two attached hydrogens (primary N) is 1. The van der Waals surface area contributed by atoms with Crippen LogP contribution < -0.4 is 10.6 Å². The first-order valence-electron chi connectivity index (χ1n) is 4.03. The summed E-state index contributed by atoms with van der Waals surface area (Å²) in [4.78, 5) is 13.5. The molecule has 0 aliphatic carbocycles. The average molecular weight is 186 g/mol. The minimum Gasteiger partial charge on any atom is -0.323 e. The predicted octanol–water partition coefficient (Wildman–Crippen LogP) is 1.48. The van der Waals surface area contributed by atoms with E-state index < -0.39 is 0 Å². The Kier molecular flexibility index (Phi) is 3.05. The molecule has 0 aromatic carbocycles. The SMILES string of the molecule is CC(C)CC(N)c1csc(=O)[nH]1. The van der Waals surface area contributed by atoms with Crippen molar-refractivity contribution in [3.63, 3.8) is 0 Å². The van der Waals surface area contributed by atoms with Crippen LogP contribution in [0, 0.1) is 5.92 Å². The Morgan fingerprint density at radius 1 is 1.67 bits per heavy atom. The van der Waals surface area contributed by atoms with Crippen molar-refractivity contribution in [1.29, 1.82) is 0 Å². The van der Waals surface area contributed by atoms with Crippen molar-refractivity contribution in [2.24, 2.45) is 11.7 Å². The summed E-state index contributed by atoms with van der Waals surface area (Å²) in [6.45, 7) is 4.23. The van der Waals surface area contributed by atoms with E-state index in [0.717, 1.165) is 12.1 Å². The van der Waals surface area contributed by atoms with E-state index in [2.05, 4.69) is 18.8 Å². The molecule has 1 heterocycles. The third-order valence-electron chi connectivity index (χ3n) is 1.66. The number of thiazole rings is 1. The first-order chi connectivity index (χ1) is 5.59. The van der Waals surface area contributed by atoms with Gasteiger partial charge in [0.05, 0.1) is 0 Å². The Bertz CT molecular complexity index is 289. The molecule has 0 aliphatic heterocycles. The van der Waals surface area contributed by atoms with E-state index in [0.29, 0.717) is 5.92 Å². The molecule has 68 valence electrons. The molecule has 1 atom stereocenters. The van der Waals surface area contributed by atoms with Gasteiger partial charge in [0, 0.05) is 17.1 Å². The summed E-state index contributed by atoms with van der Waals surface area (Å²) in [5.41, 5.74) is 6.71. The van der Waals surface area contributed by atoms with Gasteiger partial charge in [0.1, 0.15) is 0 Å². The normalized spacial score (nSPS) is 13.7. The third-order valence-corrected chi connectivity index (χ3v) is 2.35. The Balaban J connectivity index is 2.65. The molecule has 3 nitrogen and oxygen atoms in total. The third kappa shape index (κ3) is 2.46. The van der Waals surface area contributed by atoms with E-state index in [1.807, 2.05) is 0 Å². The minimum atomic E-state index is -0.0241. The molecule has 4 heteroatoms. The Labute approximate surface area is 75.6 Å². The zero-order valence-corrected chi connectivity index (χ0v) is 8.15. The number of hydrogen-bond donors (Lipinski definition) is 2. The van der Waals surface area contributed by atoms with Crippen LogP contribution in [-0.4, -0.2) is 4.98 Å². The molecule has 0 spiro atoms. The van der Waals surface area contributed by atoms with E-state index in [1.54, 1.807) is 5.38 Å². The number of nitrogens with one attached hydrogen (secondary N) is 1. The van der Waals surface area contributed by atoms with Gasteiger partial charge in [0.2, 0.25) is 0 Å². The second kappa shape index (κ2) is 3.87. The van der Waals surface area contributed by atoms with E-state index in [1.165, 1.54) is 11.3 Å². The quantitative estimate of drug-likeness (QED) is 0.751. The summed E-state index contributed by atoms with van der Waals surface area (Å²) in [7, 11) is 0. The first-order valence-corrected chi connectivity index (χ1v) is 4.91. The van der Waals surface area contributed by atoms with Gasteiger partial charge in [-0.05, 0) is 12.3 Å². The molecule has 1 rings (SSSR count). The van der Waals surface area contributed by atoms with Crippen LogP contribution in [0.3, 0.4) is 0 Å². The van der Waals surface area contributed by atoms with Crippen molar-refractivity contribution >= 4 is 11.3 Å². The molecule has 1 unspecified atom stereocenters. The summed E-state index contributed by atoms with van der Waals surface area (Å²) >= 11 is 1.17. The minimum absolute atomic E-state index is 0.0239. The second-order valence-corrected chi connectivity index (χ2v) is 4.18. The zero-order chi connectivity index (χ0) is 9.14. The lowest BCUT2D eigenvalue weighted by Gasteiger charge is -2.11. The van der Waals surface area contributed by atoms with Crippen molar-refractivity contribution in [2.45, 2.75) is 26.3 Å². The molecular weight excluding hydrogens is 172 g/mol. The summed E-state index contributed by atoms with van der Waals surface area (Å²) in [6, 6.07) is -0.0241. The molecule has 0 bridgehead atoms. The molecule has 0 radical (unpaired) electrons. The van der Waals surface area contributed by atoms with Gasteiger partial charge in [-0.15, -0.1) is 0 Å². The number of rotatable bonds is 3. The molecule has 1 aromatic rings. The maximum Gasteiger partial charge on any atom is 0.304 e. The fourth-order valence-electron chi connectivity index (χ4n) is 1.11. The average Bonchev–Trinajstić information content (AvgIpc) is 2.34. The highest BCUT2D eigenvalue weighted by Gasteiger charge is 2.09. The van der Waals surface area contributed by atoms with Crippen LogP contribution in [0.5, 0.6) is 0 Å². The van der Waals surface area contributed by atoms with Gasteiger partial charge in [-0.2, -0.15) is 0 Å². The molecule has 12 heavy (non-hydrogen) atoms. The molecule has 3 N–H and O–H groups in total. The largest absolute Gasteiger partial charge is 0.323 e. The molecule has 0 aliphatic rings. The van der Waals surface area contributed by atoms with Crippen molar-refractivity contribution in [2.75, 3.05) is 0 Å². The molecular formula is C8H14N2OS. The summed E-state index contributed by atoms with van der Waals surface area (Å²) < 4.78 is 0. The maximum absolute atomic E-state index is 10.8. The van der Waals surface area contributed by atoms with Crippen LogP contribution in [0.2, 0.25) is 0 Å². The van der Waals surface area contributed by atoms with Crippen molar-refractivity contribution in [3.8, 4) is 0 Å². The van der Waals surface area contributed by atoms with Gasteiger partial charge >= 0.3 is 4.87 Å². The molecule has 0 fully saturated rings.